The Balaban J connectivity index is 2.29. The number of aromatic nitrogens is 2. The largest absolute Gasteiger partial charge is 0.330 e. The molecule has 0 radical (unpaired) electrons. The number of nitrogens with zero attached hydrogens (tertiary/aromatic N) is 3. The molecule has 29 heavy (non-hydrogen) atoms. The topological polar surface area (TPSA) is 98.4 Å². The van der Waals surface area contributed by atoms with E-state index in [1.54, 1.807) is 24.3 Å². The number of hydrogen-bond acceptors (Lipinski definition) is 5. The monoisotopic (exact) mass is 439 g/mol. The van der Waals surface area contributed by atoms with Gasteiger partial charge in [0, 0.05) is 38.8 Å². The maximum atomic E-state index is 13.5. The molecule has 1 fully saturated rings. The number of Topliss-reactive ketones (excluding diaryl/α,β-unsaturated/α-hetero) is 1. The molecule has 1 aliphatic rings. The summed E-state index contributed by atoms with van der Waals surface area (Å²) < 4.78 is 29.7. The first-order valence-corrected chi connectivity index (χ1v) is 10.9. The van der Waals surface area contributed by atoms with Crippen molar-refractivity contribution < 1.29 is 13.2 Å². The fourth-order valence-corrected chi connectivity index (χ4v) is 5.84. The number of carbonyl (C=O) groups is 1. The Hall–Kier alpha value is -2.23. The molecular formula is C19H22ClN3O5S. The van der Waals surface area contributed by atoms with Crippen LogP contribution in [-0.4, -0.2) is 34.7 Å². The van der Waals surface area contributed by atoms with Crippen molar-refractivity contribution in [3.63, 3.8) is 0 Å². The van der Waals surface area contributed by atoms with E-state index < -0.39 is 31.7 Å². The molecule has 0 N–H and O–H groups in total. The molecule has 0 aliphatic heterocycles. The fraction of sp³-hybridized carbons (Fsp3) is 0.421. The molecule has 1 aromatic carbocycles. The van der Waals surface area contributed by atoms with Crippen molar-refractivity contribution >= 4 is 27.4 Å². The summed E-state index contributed by atoms with van der Waals surface area (Å²) in [5, 5.41) is 0.276. The average Bonchev–Trinajstić information content (AvgIpc) is 2.69. The van der Waals surface area contributed by atoms with Gasteiger partial charge in [-0.1, -0.05) is 36.2 Å². The van der Waals surface area contributed by atoms with Crippen LogP contribution < -0.4 is 11.2 Å². The van der Waals surface area contributed by atoms with Gasteiger partial charge in [0.2, 0.25) is 0 Å². The lowest BCUT2D eigenvalue weighted by atomic mass is 9.75. The number of rotatable bonds is 4. The lowest BCUT2D eigenvalue weighted by Gasteiger charge is -2.42. The Morgan fingerprint density at radius 2 is 1.76 bits per heavy atom. The molecule has 0 saturated heterocycles. The van der Waals surface area contributed by atoms with E-state index in [1.807, 2.05) is 0 Å². The van der Waals surface area contributed by atoms with Crippen LogP contribution in [0.15, 0.2) is 44.9 Å². The number of benzene rings is 1. The van der Waals surface area contributed by atoms with Gasteiger partial charge in [-0.25, -0.2) is 13.2 Å². The maximum Gasteiger partial charge on any atom is 0.330 e. The number of hydrogen-bond donors (Lipinski definition) is 0. The fourth-order valence-electron chi connectivity index (χ4n) is 3.90. The summed E-state index contributed by atoms with van der Waals surface area (Å²) in [6.07, 6.45) is 2.72. The SMILES string of the molecule is CN(C1(c2ccccc2Cl)CCCCC1=O)S(=O)(=O)c1cn(C)c(=O)n(C)c1=O. The van der Waals surface area contributed by atoms with Gasteiger partial charge in [-0.3, -0.25) is 14.2 Å². The molecule has 2 aromatic rings. The minimum absolute atomic E-state index is 0.205. The normalized spacial score (nSPS) is 20.2. The van der Waals surface area contributed by atoms with Gasteiger partial charge in [-0.15, -0.1) is 0 Å². The van der Waals surface area contributed by atoms with E-state index in [1.165, 1.54) is 21.1 Å². The van der Waals surface area contributed by atoms with Gasteiger partial charge in [0.1, 0.15) is 5.54 Å². The Kier molecular flexibility index (Phi) is 5.59. The predicted molar refractivity (Wildman–Crippen MR) is 108 cm³/mol. The third kappa shape index (κ3) is 3.27. The van der Waals surface area contributed by atoms with Crippen LogP contribution in [0.4, 0.5) is 0 Å². The number of halogens is 1. The summed E-state index contributed by atoms with van der Waals surface area (Å²) in [7, 11) is -0.577. The van der Waals surface area contributed by atoms with Gasteiger partial charge < -0.3 is 4.57 Å². The number of ketones is 1. The highest BCUT2D eigenvalue weighted by molar-refractivity contribution is 7.89. The van der Waals surface area contributed by atoms with Crippen molar-refractivity contribution in [2.75, 3.05) is 7.05 Å². The Bertz CT molecular complexity index is 1200. The lowest BCUT2D eigenvalue weighted by Crippen LogP contribution is -2.55. The number of likely N-dealkylation sites (N-methyl/N-ethyl adjacent to an activating group) is 1. The van der Waals surface area contributed by atoms with Gasteiger partial charge >= 0.3 is 5.69 Å². The highest BCUT2D eigenvalue weighted by Crippen LogP contribution is 2.44. The summed E-state index contributed by atoms with van der Waals surface area (Å²) in [5.41, 5.74) is -2.72. The van der Waals surface area contributed by atoms with E-state index in [4.69, 9.17) is 11.6 Å². The van der Waals surface area contributed by atoms with Crippen LogP contribution >= 0.6 is 11.6 Å². The zero-order valence-electron chi connectivity index (χ0n) is 16.4. The predicted octanol–water partition coefficient (Wildman–Crippen LogP) is 1.40. The van der Waals surface area contributed by atoms with Crippen molar-refractivity contribution in [2.24, 2.45) is 14.1 Å². The third-order valence-corrected chi connectivity index (χ3v) is 7.76. The highest BCUT2D eigenvalue weighted by atomic mass is 35.5. The molecule has 3 rings (SSSR count). The Labute approximate surface area is 173 Å². The second kappa shape index (κ2) is 7.55. The van der Waals surface area contributed by atoms with Crippen LogP contribution in [0, 0.1) is 0 Å². The Morgan fingerprint density at radius 3 is 2.38 bits per heavy atom. The molecule has 156 valence electrons. The Morgan fingerprint density at radius 1 is 1.10 bits per heavy atom. The van der Waals surface area contributed by atoms with Gasteiger partial charge in [-0.05, 0) is 24.5 Å². The van der Waals surface area contributed by atoms with Crippen molar-refractivity contribution in [3.05, 3.63) is 61.9 Å². The third-order valence-electron chi connectivity index (χ3n) is 5.56. The second-order valence-electron chi connectivity index (χ2n) is 7.19. The molecule has 1 heterocycles. The molecular weight excluding hydrogens is 418 g/mol. The van der Waals surface area contributed by atoms with E-state index in [2.05, 4.69) is 0 Å². The quantitative estimate of drug-likeness (QED) is 0.717. The molecule has 8 nitrogen and oxygen atoms in total. The van der Waals surface area contributed by atoms with Crippen LogP contribution in [0.5, 0.6) is 0 Å². The number of carbonyl (C=O) groups excluding carboxylic acids is 1. The molecule has 1 aliphatic carbocycles. The van der Waals surface area contributed by atoms with Crippen molar-refractivity contribution in [3.8, 4) is 0 Å². The number of aryl methyl sites for hydroxylation is 1. The summed E-state index contributed by atoms with van der Waals surface area (Å²) in [4.78, 5) is 37.1. The van der Waals surface area contributed by atoms with E-state index in [0.717, 1.165) is 19.6 Å². The van der Waals surface area contributed by atoms with E-state index >= 15 is 0 Å². The standard InChI is InChI=1S/C19H22ClN3O5S/c1-21-12-15(17(25)22(2)18(21)26)29(27,28)23(3)19(11-7-6-10-16(19)24)13-8-4-5-9-14(13)20/h4-5,8-9,12H,6-7,10-11H2,1-3H3. The molecule has 10 heteroatoms. The summed E-state index contributed by atoms with van der Waals surface area (Å²) in [5.74, 6) is -0.274. The minimum atomic E-state index is -4.43. The summed E-state index contributed by atoms with van der Waals surface area (Å²) in [6, 6.07) is 6.63. The molecule has 1 aromatic heterocycles. The van der Waals surface area contributed by atoms with Crippen LogP contribution in [0.3, 0.4) is 0 Å². The smallest absolute Gasteiger partial charge is 0.302 e. The molecule has 0 spiro atoms. The van der Waals surface area contributed by atoms with E-state index in [9.17, 15) is 22.8 Å². The van der Waals surface area contributed by atoms with Gasteiger partial charge in [0.25, 0.3) is 15.6 Å². The first kappa shape index (κ1) is 21.5. The molecule has 1 atom stereocenters. The molecule has 1 unspecified atom stereocenters. The number of sulfonamides is 1. The molecule has 0 bridgehead atoms. The van der Waals surface area contributed by atoms with Gasteiger partial charge in [-0.2, -0.15) is 4.31 Å². The van der Waals surface area contributed by atoms with Gasteiger partial charge in [0.15, 0.2) is 10.7 Å². The highest BCUT2D eigenvalue weighted by Gasteiger charge is 2.51. The zero-order valence-corrected chi connectivity index (χ0v) is 18.0. The molecule has 0 amide bonds. The van der Waals surface area contributed by atoms with Crippen LogP contribution in [0.1, 0.15) is 31.2 Å². The lowest BCUT2D eigenvalue weighted by molar-refractivity contribution is -0.131. The van der Waals surface area contributed by atoms with E-state index in [-0.39, 0.29) is 23.6 Å². The van der Waals surface area contributed by atoms with Crippen molar-refractivity contribution in [1.29, 1.82) is 0 Å². The maximum absolute atomic E-state index is 13.5. The van der Waals surface area contributed by atoms with Crippen molar-refractivity contribution in [1.82, 2.24) is 13.4 Å². The second-order valence-corrected chi connectivity index (χ2v) is 9.54. The zero-order chi connectivity index (χ0) is 21.6. The minimum Gasteiger partial charge on any atom is -0.302 e. The average molecular weight is 440 g/mol. The van der Waals surface area contributed by atoms with Crippen LogP contribution in [0.2, 0.25) is 5.02 Å². The van der Waals surface area contributed by atoms with Crippen molar-refractivity contribution in [2.45, 2.75) is 36.1 Å². The van der Waals surface area contributed by atoms with E-state index in [0.29, 0.717) is 18.4 Å². The summed E-state index contributed by atoms with van der Waals surface area (Å²) >= 11 is 6.37. The first-order chi connectivity index (χ1) is 13.5. The molecule has 1 saturated carbocycles. The first-order valence-electron chi connectivity index (χ1n) is 9.09. The van der Waals surface area contributed by atoms with Crippen LogP contribution in [0.25, 0.3) is 0 Å². The summed E-state index contributed by atoms with van der Waals surface area (Å²) in [6.45, 7) is 0. The van der Waals surface area contributed by atoms with Crippen LogP contribution in [-0.2, 0) is 34.5 Å². The van der Waals surface area contributed by atoms with Gasteiger partial charge in [0.05, 0.1) is 0 Å².